The number of para-hydroxylation sites is 2. The van der Waals surface area contributed by atoms with Gasteiger partial charge in [-0.2, -0.15) is 0 Å². The summed E-state index contributed by atoms with van der Waals surface area (Å²) >= 11 is 0. The summed E-state index contributed by atoms with van der Waals surface area (Å²) in [6.45, 7) is 7.96. The highest BCUT2D eigenvalue weighted by Crippen LogP contribution is 2.34. The van der Waals surface area contributed by atoms with Crippen LogP contribution in [-0.4, -0.2) is 22.0 Å². The molecule has 1 saturated heterocycles. The van der Waals surface area contributed by atoms with Crippen molar-refractivity contribution in [1.82, 2.24) is 9.55 Å². The van der Waals surface area contributed by atoms with Crippen LogP contribution < -0.4 is 4.90 Å². The Kier molecular flexibility index (Phi) is 4.27. The zero-order valence-corrected chi connectivity index (χ0v) is 15.7. The SMILES string of the molecule is CCCn1c(C2CC(=O)N(c3cc(C)ccc3C)C2)nc2ccccc21. The molecule has 1 amide bonds. The lowest BCUT2D eigenvalue weighted by molar-refractivity contribution is -0.117. The predicted molar refractivity (Wildman–Crippen MR) is 106 cm³/mol. The molecule has 0 spiro atoms. The fourth-order valence-corrected chi connectivity index (χ4v) is 3.99. The van der Waals surface area contributed by atoms with Gasteiger partial charge in [0.1, 0.15) is 5.82 Å². The van der Waals surface area contributed by atoms with Crippen molar-refractivity contribution in [3.63, 3.8) is 0 Å². The number of benzene rings is 2. The number of aryl methyl sites for hydroxylation is 3. The van der Waals surface area contributed by atoms with Gasteiger partial charge in [0.2, 0.25) is 5.91 Å². The third kappa shape index (κ3) is 2.79. The smallest absolute Gasteiger partial charge is 0.227 e. The van der Waals surface area contributed by atoms with Crippen molar-refractivity contribution in [1.29, 1.82) is 0 Å². The summed E-state index contributed by atoms with van der Waals surface area (Å²) in [6.07, 6.45) is 1.58. The van der Waals surface area contributed by atoms with Crippen LogP contribution in [0.4, 0.5) is 5.69 Å². The molecule has 4 nitrogen and oxygen atoms in total. The van der Waals surface area contributed by atoms with Gasteiger partial charge in [0.25, 0.3) is 0 Å². The molecule has 134 valence electrons. The predicted octanol–water partition coefficient (Wildman–Crippen LogP) is 4.58. The van der Waals surface area contributed by atoms with Gasteiger partial charge in [0.15, 0.2) is 0 Å². The Morgan fingerprint density at radius 1 is 1.15 bits per heavy atom. The molecule has 1 fully saturated rings. The quantitative estimate of drug-likeness (QED) is 0.693. The van der Waals surface area contributed by atoms with E-state index in [4.69, 9.17) is 4.98 Å². The topological polar surface area (TPSA) is 38.1 Å². The van der Waals surface area contributed by atoms with Crippen molar-refractivity contribution in [2.45, 2.75) is 46.1 Å². The second kappa shape index (κ2) is 6.60. The maximum absolute atomic E-state index is 12.8. The lowest BCUT2D eigenvalue weighted by atomic mass is 10.1. The summed E-state index contributed by atoms with van der Waals surface area (Å²) in [5, 5.41) is 0. The number of aromatic nitrogens is 2. The molecule has 4 rings (SSSR count). The van der Waals surface area contributed by atoms with Crippen LogP contribution in [0.2, 0.25) is 0 Å². The fraction of sp³-hybridized carbons (Fsp3) is 0.364. The molecule has 3 aromatic rings. The Hall–Kier alpha value is -2.62. The molecule has 2 aromatic carbocycles. The van der Waals surface area contributed by atoms with Crippen LogP contribution in [0.1, 0.15) is 42.6 Å². The Morgan fingerprint density at radius 2 is 1.96 bits per heavy atom. The molecule has 0 N–H and O–H groups in total. The largest absolute Gasteiger partial charge is 0.328 e. The second-order valence-electron chi connectivity index (χ2n) is 7.31. The third-order valence-corrected chi connectivity index (χ3v) is 5.28. The fourth-order valence-electron chi connectivity index (χ4n) is 3.99. The van der Waals surface area contributed by atoms with E-state index in [2.05, 4.69) is 61.7 Å². The van der Waals surface area contributed by atoms with Crippen LogP contribution in [0, 0.1) is 13.8 Å². The van der Waals surface area contributed by atoms with Gasteiger partial charge < -0.3 is 9.47 Å². The van der Waals surface area contributed by atoms with Crippen LogP contribution in [-0.2, 0) is 11.3 Å². The molecule has 26 heavy (non-hydrogen) atoms. The summed E-state index contributed by atoms with van der Waals surface area (Å²) < 4.78 is 2.31. The highest BCUT2D eigenvalue weighted by Gasteiger charge is 2.35. The zero-order chi connectivity index (χ0) is 18.3. The molecule has 4 heteroatoms. The van der Waals surface area contributed by atoms with Crippen LogP contribution in [0.5, 0.6) is 0 Å². The standard InChI is InChI=1S/C22H25N3O/c1-4-11-24-19-8-6-5-7-18(19)23-22(24)17-13-21(26)25(14-17)20-12-15(2)9-10-16(20)3/h5-10,12,17H,4,11,13-14H2,1-3H3. The molecule has 1 unspecified atom stereocenters. The lowest BCUT2D eigenvalue weighted by Crippen LogP contribution is -2.25. The molecule has 2 heterocycles. The number of carbonyl (C=O) groups is 1. The van der Waals surface area contributed by atoms with Crippen LogP contribution in [0.15, 0.2) is 42.5 Å². The number of rotatable bonds is 4. The van der Waals surface area contributed by atoms with Gasteiger partial charge >= 0.3 is 0 Å². The summed E-state index contributed by atoms with van der Waals surface area (Å²) in [7, 11) is 0. The van der Waals surface area contributed by atoms with Gasteiger partial charge in [0, 0.05) is 31.1 Å². The molecular formula is C22H25N3O. The van der Waals surface area contributed by atoms with E-state index in [9.17, 15) is 4.79 Å². The molecule has 1 aliphatic rings. The highest BCUT2D eigenvalue weighted by atomic mass is 16.2. The van der Waals surface area contributed by atoms with Gasteiger partial charge in [-0.25, -0.2) is 4.98 Å². The van der Waals surface area contributed by atoms with Crippen molar-refractivity contribution in [3.05, 3.63) is 59.4 Å². The monoisotopic (exact) mass is 347 g/mol. The Balaban J connectivity index is 1.72. The van der Waals surface area contributed by atoms with Crippen molar-refractivity contribution in [2.24, 2.45) is 0 Å². The molecule has 1 aromatic heterocycles. The normalized spacial score (nSPS) is 17.4. The van der Waals surface area contributed by atoms with E-state index in [0.717, 1.165) is 35.6 Å². The number of anilines is 1. The number of hydrogen-bond donors (Lipinski definition) is 0. The van der Waals surface area contributed by atoms with E-state index >= 15 is 0 Å². The third-order valence-electron chi connectivity index (χ3n) is 5.28. The van der Waals surface area contributed by atoms with Gasteiger partial charge in [-0.15, -0.1) is 0 Å². The maximum Gasteiger partial charge on any atom is 0.227 e. The van der Waals surface area contributed by atoms with Crippen LogP contribution >= 0.6 is 0 Å². The van der Waals surface area contributed by atoms with E-state index in [1.807, 2.05) is 11.0 Å². The van der Waals surface area contributed by atoms with Crippen LogP contribution in [0.25, 0.3) is 11.0 Å². The number of hydrogen-bond acceptors (Lipinski definition) is 2. The van der Waals surface area contributed by atoms with Crippen LogP contribution in [0.3, 0.4) is 0 Å². The van der Waals surface area contributed by atoms with Gasteiger partial charge in [0.05, 0.1) is 11.0 Å². The van der Waals surface area contributed by atoms with Crippen molar-refractivity contribution < 1.29 is 4.79 Å². The molecule has 0 bridgehead atoms. The van der Waals surface area contributed by atoms with Gasteiger partial charge in [-0.05, 0) is 49.6 Å². The molecular weight excluding hydrogens is 322 g/mol. The minimum absolute atomic E-state index is 0.140. The first kappa shape index (κ1) is 16.8. The number of carbonyl (C=O) groups excluding carboxylic acids is 1. The number of nitrogens with zero attached hydrogens (tertiary/aromatic N) is 3. The van der Waals surface area contributed by atoms with Gasteiger partial charge in [-0.3, -0.25) is 4.79 Å². The minimum atomic E-state index is 0.140. The van der Waals surface area contributed by atoms with E-state index in [0.29, 0.717) is 13.0 Å². The van der Waals surface area contributed by atoms with E-state index in [1.165, 1.54) is 11.1 Å². The summed E-state index contributed by atoms with van der Waals surface area (Å²) in [6, 6.07) is 14.6. The van der Waals surface area contributed by atoms with Crippen molar-refractivity contribution in [2.75, 3.05) is 11.4 Å². The number of fused-ring (bicyclic) bond motifs is 1. The van der Waals surface area contributed by atoms with Gasteiger partial charge in [-0.1, -0.05) is 31.2 Å². The van der Waals surface area contributed by atoms with E-state index in [-0.39, 0.29) is 11.8 Å². The summed E-state index contributed by atoms with van der Waals surface area (Å²) in [4.78, 5) is 19.6. The first-order valence-electron chi connectivity index (χ1n) is 9.41. The summed E-state index contributed by atoms with van der Waals surface area (Å²) in [5.41, 5.74) is 5.55. The Bertz CT molecular complexity index is 973. The van der Waals surface area contributed by atoms with Crippen molar-refractivity contribution >= 4 is 22.6 Å². The molecule has 0 aliphatic carbocycles. The molecule has 0 saturated carbocycles. The Labute approximate surface area is 154 Å². The van der Waals surface area contributed by atoms with E-state index in [1.54, 1.807) is 0 Å². The average molecular weight is 347 g/mol. The molecule has 0 radical (unpaired) electrons. The average Bonchev–Trinajstić information content (AvgIpc) is 3.18. The highest BCUT2D eigenvalue weighted by molar-refractivity contribution is 5.97. The summed E-state index contributed by atoms with van der Waals surface area (Å²) in [5.74, 6) is 1.38. The van der Waals surface area contributed by atoms with Crippen molar-refractivity contribution in [3.8, 4) is 0 Å². The number of imidazole rings is 1. The first-order chi connectivity index (χ1) is 12.6. The molecule has 1 atom stereocenters. The lowest BCUT2D eigenvalue weighted by Gasteiger charge is -2.20. The maximum atomic E-state index is 12.8. The van der Waals surface area contributed by atoms with E-state index < -0.39 is 0 Å². The Morgan fingerprint density at radius 3 is 2.77 bits per heavy atom. The first-order valence-corrected chi connectivity index (χ1v) is 9.41. The zero-order valence-electron chi connectivity index (χ0n) is 15.7. The minimum Gasteiger partial charge on any atom is -0.328 e. The number of amides is 1. The molecule has 1 aliphatic heterocycles. The second-order valence-corrected chi connectivity index (χ2v) is 7.31.